The van der Waals surface area contributed by atoms with Crippen molar-refractivity contribution in [3.63, 3.8) is 0 Å². The highest BCUT2D eigenvalue weighted by Crippen LogP contribution is 2.29. The predicted octanol–water partition coefficient (Wildman–Crippen LogP) is 4.60. The molecule has 154 valence electrons. The minimum atomic E-state index is 0.233. The molecule has 0 unspecified atom stereocenters. The maximum Gasteiger partial charge on any atom is 0.145 e. The van der Waals surface area contributed by atoms with Gasteiger partial charge in [0.15, 0.2) is 0 Å². The number of hydrogen-bond acceptors (Lipinski definition) is 4. The van der Waals surface area contributed by atoms with Crippen LogP contribution < -0.4 is 15.8 Å². The number of aliphatic hydroxyl groups is 1. The lowest BCUT2D eigenvalue weighted by atomic mass is 10.0. The molecule has 28 heavy (non-hydrogen) atoms. The number of aliphatic hydroxyl groups excluding tert-OH is 1. The Labute approximate surface area is 170 Å². The van der Waals surface area contributed by atoms with Gasteiger partial charge in [0.2, 0.25) is 0 Å². The first-order valence-electron chi connectivity index (χ1n) is 10.5. The summed E-state index contributed by atoms with van der Waals surface area (Å²) in [5, 5.41) is 12.1. The van der Waals surface area contributed by atoms with E-state index in [4.69, 9.17) is 15.6 Å². The topological polar surface area (TPSA) is 67.5 Å². The van der Waals surface area contributed by atoms with Crippen molar-refractivity contribution in [1.82, 2.24) is 5.32 Å². The van der Waals surface area contributed by atoms with Gasteiger partial charge >= 0.3 is 0 Å². The first-order valence-corrected chi connectivity index (χ1v) is 10.5. The second kappa shape index (κ2) is 12.4. The van der Waals surface area contributed by atoms with Crippen molar-refractivity contribution in [2.75, 3.05) is 25.5 Å². The largest absolute Gasteiger partial charge is 0.491 e. The van der Waals surface area contributed by atoms with E-state index in [9.17, 15) is 0 Å². The van der Waals surface area contributed by atoms with Gasteiger partial charge in [0, 0.05) is 13.2 Å². The average molecular weight is 385 g/mol. The van der Waals surface area contributed by atoms with E-state index in [0.29, 0.717) is 0 Å². The zero-order chi connectivity index (χ0) is 20.2. The number of nitrogen functional groups attached to an aromatic ring is 1. The molecule has 0 spiro atoms. The summed E-state index contributed by atoms with van der Waals surface area (Å²) < 4.78 is 5.94. The van der Waals surface area contributed by atoms with Crippen LogP contribution in [0.5, 0.6) is 5.75 Å². The Hall–Kier alpha value is -2.04. The van der Waals surface area contributed by atoms with E-state index < -0.39 is 0 Å². The van der Waals surface area contributed by atoms with Gasteiger partial charge in [-0.05, 0) is 61.1 Å². The van der Waals surface area contributed by atoms with Crippen molar-refractivity contribution in [1.29, 1.82) is 0 Å². The molecule has 0 aliphatic carbocycles. The van der Waals surface area contributed by atoms with Crippen molar-refractivity contribution in [2.24, 2.45) is 0 Å². The van der Waals surface area contributed by atoms with Crippen LogP contribution in [-0.2, 0) is 13.0 Å². The third-order valence-electron chi connectivity index (χ3n) is 4.88. The fraction of sp³-hybridized carbons (Fsp3) is 0.500. The van der Waals surface area contributed by atoms with Gasteiger partial charge < -0.3 is 20.9 Å². The number of rotatable bonds is 13. The van der Waals surface area contributed by atoms with Crippen molar-refractivity contribution in [3.05, 3.63) is 58.7 Å². The van der Waals surface area contributed by atoms with Gasteiger partial charge in [0.25, 0.3) is 0 Å². The summed E-state index contributed by atoms with van der Waals surface area (Å²) in [6.07, 6.45) is 6.43. The van der Waals surface area contributed by atoms with E-state index in [2.05, 4.69) is 49.5 Å². The quantitative estimate of drug-likeness (QED) is 0.349. The number of anilines is 1. The minimum absolute atomic E-state index is 0.233. The molecule has 0 aromatic heterocycles. The van der Waals surface area contributed by atoms with Crippen LogP contribution in [-0.4, -0.2) is 24.9 Å². The summed E-state index contributed by atoms with van der Waals surface area (Å²) in [6.45, 7) is 6.92. The molecule has 0 saturated carbocycles. The predicted molar refractivity (Wildman–Crippen MR) is 118 cm³/mol. The fourth-order valence-electron chi connectivity index (χ4n) is 3.33. The molecule has 0 heterocycles. The van der Waals surface area contributed by atoms with Crippen LogP contribution in [0.4, 0.5) is 5.69 Å². The molecule has 0 saturated heterocycles. The number of aryl methyl sites for hydroxylation is 1. The van der Waals surface area contributed by atoms with Crippen molar-refractivity contribution >= 4 is 5.69 Å². The summed E-state index contributed by atoms with van der Waals surface area (Å²) in [6, 6.07) is 12.9. The number of unbranched alkanes of at least 4 members (excludes halogenated alkanes) is 3. The summed E-state index contributed by atoms with van der Waals surface area (Å²) in [5.74, 6) is 0.838. The Bertz CT molecular complexity index is 675. The van der Waals surface area contributed by atoms with Crippen molar-refractivity contribution in [2.45, 2.75) is 58.9 Å². The SMILES string of the molecule is CCCCCCOc1c(C)cc(Cc2ccc(CNCCCO)cc2)cc1N. The monoisotopic (exact) mass is 384 g/mol. The van der Waals surface area contributed by atoms with Gasteiger partial charge in [-0.3, -0.25) is 0 Å². The van der Waals surface area contributed by atoms with Crippen LogP contribution in [0.2, 0.25) is 0 Å². The highest BCUT2D eigenvalue weighted by atomic mass is 16.5. The van der Waals surface area contributed by atoms with Crippen LogP contribution >= 0.6 is 0 Å². The van der Waals surface area contributed by atoms with E-state index >= 15 is 0 Å². The average Bonchev–Trinajstić information content (AvgIpc) is 2.68. The van der Waals surface area contributed by atoms with Gasteiger partial charge in [-0.25, -0.2) is 0 Å². The number of hydrogen-bond donors (Lipinski definition) is 3. The number of nitrogens with two attached hydrogens (primary N) is 1. The molecule has 4 nitrogen and oxygen atoms in total. The number of nitrogens with one attached hydrogen (secondary N) is 1. The molecule has 0 aliphatic rings. The van der Waals surface area contributed by atoms with Gasteiger partial charge in [0.1, 0.15) is 5.75 Å². The van der Waals surface area contributed by atoms with Crippen LogP contribution in [0, 0.1) is 6.92 Å². The van der Waals surface area contributed by atoms with Gasteiger partial charge in [-0.2, -0.15) is 0 Å². The summed E-state index contributed by atoms with van der Waals surface area (Å²) in [7, 11) is 0. The lowest BCUT2D eigenvalue weighted by Crippen LogP contribution is -2.15. The van der Waals surface area contributed by atoms with E-state index in [1.807, 2.05) is 6.07 Å². The van der Waals surface area contributed by atoms with Gasteiger partial charge in [0.05, 0.1) is 12.3 Å². The third kappa shape index (κ3) is 7.53. The normalized spacial score (nSPS) is 11.0. The van der Waals surface area contributed by atoms with Crippen LogP contribution in [0.25, 0.3) is 0 Å². The molecule has 0 amide bonds. The third-order valence-corrected chi connectivity index (χ3v) is 4.88. The van der Waals surface area contributed by atoms with E-state index in [-0.39, 0.29) is 6.61 Å². The Morgan fingerprint density at radius 3 is 2.39 bits per heavy atom. The van der Waals surface area contributed by atoms with Crippen LogP contribution in [0.1, 0.15) is 61.3 Å². The van der Waals surface area contributed by atoms with Crippen LogP contribution in [0.15, 0.2) is 36.4 Å². The molecule has 2 rings (SSSR count). The molecule has 0 bridgehead atoms. The number of benzene rings is 2. The second-order valence-electron chi connectivity index (χ2n) is 7.49. The number of ether oxygens (including phenoxy) is 1. The molecule has 0 atom stereocenters. The summed E-state index contributed by atoms with van der Waals surface area (Å²) in [4.78, 5) is 0. The lowest BCUT2D eigenvalue weighted by molar-refractivity contribution is 0.286. The van der Waals surface area contributed by atoms with Gasteiger partial charge in [-0.15, -0.1) is 0 Å². The highest BCUT2D eigenvalue weighted by molar-refractivity contribution is 5.59. The first-order chi connectivity index (χ1) is 13.6. The molecule has 2 aromatic carbocycles. The van der Waals surface area contributed by atoms with Crippen molar-refractivity contribution < 1.29 is 9.84 Å². The standard InChI is InChI=1S/C24H36N2O2/c1-3-4-5-6-14-28-24-19(2)15-22(17-23(24)25)16-20-8-10-21(11-9-20)18-26-12-7-13-27/h8-11,15,17,26-27H,3-7,12-14,16,18,25H2,1-2H3. The zero-order valence-electron chi connectivity index (χ0n) is 17.5. The Balaban J connectivity index is 1.89. The molecule has 4 N–H and O–H groups in total. The smallest absolute Gasteiger partial charge is 0.145 e. The zero-order valence-corrected chi connectivity index (χ0v) is 17.5. The van der Waals surface area contributed by atoms with E-state index in [0.717, 1.165) is 56.0 Å². The second-order valence-corrected chi connectivity index (χ2v) is 7.49. The molecular weight excluding hydrogens is 348 g/mol. The van der Waals surface area contributed by atoms with Crippen molar-refractivity contribution in [3.8, 4) is 5.75 Å². The Kier molecular flexibility index (Phi) is 9.87. The minimum Gasteiger partial charge on any atom is -0.491 e. The molecular formula is C24H36N2O2. The Morgan fingerprint density at radius 1 is 0.964 bits per heavy atom. The molecule has 4 heteroatoms. The molecule has 2 aromatic rings. The molecule has 0 fully saturated rings. The molecule has 0 radical (unpaired) electrons. The van der Waals surface area contributed by atoms with E-state index in [1.165, 1.54) is 36.0 Å². The van der Waals surface area contributed by atoms with Gasteiger partial charge in [-0.1, -0.05) is 56.5 Å². The summed E-state index contributed by atoms with van der Waals surface area (Å²) >= 11 is 0. The van der Waals surface area contributed by atoms with E-state index in [1.54, 1.807) is 0 Å². The lowest BCUT2D eigenvalue weighted by Gasteiger charge is -2.14. The maximum atomic E-state index is 8.81. The first kappa shape index (κ1) is 22.3. The maximum absolute atomic E-state index is 8.81. The Morgan fingerprint density at radius 2 is 1.71 bits per heavy atom. The summed E-state index contributed by atoms with van der Waals surface area (Å²) in [5.41, 5.74) is 11.8. The fourth-order valence-corrected chi connectivity index (χ4v) is 3.33. The highest BCUT2D eigenvalue weighted by Gasteiger charge is 2.08. The molecule has 0 aliphatic heterocycles. The van der Waals surface area contributed by atoms with Crippen LogP contribution in [0.3, 0.4) is 0 Å².